The summed E-state index contributed by atoms with van der Waals surface area (Å²) >= 11 is 0. The molecule has 1 fully saturated rings. The van der Waals surface area contributed by atoms with Crippen molar-refractivity contribution in [2.45, 2.75) is 38.0 Å². The van der Waals surface area contributed by atoms with Gasteiger partial charge < -0.3 is 10.1 Å². The second-order valence-corrected chi connectivity index (χ2v) is 8.01. The summed E-state index contributed by atoms with van der Waals surface area (Å²) in [6.07, 6.45) is 5.46. The number of carbonyl (C=O) groups is 2. The quantitative estimate of drug-likeness (QED) is 0.603. The maximum absolute atomic E-state index is 12.9. The van der Waals surface area contributed by atoms with Crippen molar-refractivity contribution < 1.29 is 22.7 Å². The Hall–Kier alpha value is -2.19. The van der Waals surface area contributed by atoms with Crippen molar-refractivity contribution >= 4 is 27.6 Å². The smallest absolute Gasteiger partial charge is 0.330 e. The molecule has 26 heavy (non-hydrogen) atoms. The molecule has 0 aliphatic carbocycles. The molecule has 0 saturated carbocycles. The molecule has 1 aliphatic rings. The Labute approximate surface area is 154 Å². The Morgan fingerprint density at radius 2 is 1.92 bits per heavy atom. The van der Waals surface area contributed by atoms with Crippen molar-refractivity contribution in [1.29, 1.82) is 0 Å². The van der Waals surface area contributed by atoms with Crippen LogP contribution in [0.5, 0.6) is 0 Å². The van der Waals surface area contributed by atoms with Crippen molar-refractivity contribution in [3.05, 3.63) is 35.9 Å². The van der Waals surface area contributed by atoms with Gasteiger partial charge in [0.05, 0.1) is 4.90 Å². The maximum atomic E-state index is 12.9. The minimum Gasteiger partial charge on any atom is -0.452 e. The lowest BCUT2D eigenvalue weighted by Crippen LogP contribution is -2.36. The van der Waals surface area contributed by atoms with Crippen LogP contribution in [0.1, 0.15) is 31.7 Å². The fraction of sp³-hybridized carbons (Fsp3) is 0.444. The molecule has 1 heterocycles. The number of allylic oxidation sites excluding steroid dienone is 1. The zero-order chi connectivity index (χ0) is 19.2. The first-order valence-corrected chi connectivity index (χ1v) is 9.98. The summed E-state index contributed by atoms with van der Waals surface area (Å²) in [5.74, 6) is -1.15. The lowest BCUT2D eigenvalue weighted by Gasteiger charge is -2.26. The van der Waals surface area contributed by atoms with E-state index in [4.69, 9.17) is 4.74 Å². The molecule has 0 radical (unpaired) electrons. The van der Waals surface area contributed by atoms with Gasteiger partial charge in [-0.1, -0.05) is 18.6 Å². The molecule has 1 saturated heterocycles. The predicted octanol–water partition coefficient (Wildman–Crippen LogP) is 2.23. The molecule has 1 aromatic carbocycles. The summed E-state index contributed by atoms with van der Waals surface area (Å²) in [6.45, 7) is 3.98. The number of nitrogens with zero attached hydrogens (tertiary/aromatic N) is 1. The molecule has 1 aliphatic heterocycles. The molecule has 8 heteroatoms. The Bertz CT molecular complexity index is 796. The number of amides is 1. The highest BCUT2D eigenvalue weighted by molar-refractivity contribution is 7.89. The molecule has 142 valence electrons. The Morgan fingerprint density at radius 1 is 1.23 bits per heavy atom. The predicted molar refractivity (Wildman–Crippen MR) is 98.2 cm³/mol. The second kappa shape index (κ2) is 8.95. The van der Waals surface area contributed by atoms with E-state index in [0.29, 0.717) is 24.3 Å². The molecule has 0 aromatic heterocycles. The van der Waals surface area contributed by atoms with Crippen LogP contribution in [-0.2, 0) is 24.3 Å². The second-order valence-electron chi connectivity index (χ2n) is 6.10. The van der Waals surface area contributed by atoms with E-state index in [1.807, 2.05) is 0 Å². The lowest BCUT2D eigenvalue weighted by molar-refractivity contribution is -0.142. The van der Waals surface area contributed by atoms with E-state index in [-0.39, 0.29) is 4.90 Å². The summed E-state index contributed by atoms with van der Waals surface area (Å²) in [6, 6.07) is 4.72. The monoisotopic (exact) mass is 380 g/mol. The van der Waals surface area contributed by atoms with Gasteiger partial charge in [-0.25, -0.2) is 13.2 Å². The van der Waals surface area contributed by atoms with E-state index in [1.54, 1.807) is 26.0 Å². The Kier molecular flexibility index (Phi) is 6.93. The van der Waals surface area contributed by atoms with Crippen molar-refractivity contribution in [3.8, 4) is 0 Å². The van der Waals surface area contributed by atoms with Crippen LogP contribution in [0.3, 0.4) is 0 Å². The molecule has 2 rings (SSSR count). The molecular weight excluding hydrogens is 356 g/mol. The SMILES string of the molecule is C/C=C/C(=O)OCC(=O)Nc1ccc(C)c(S(=O)(=O)N2CCCCC2)c1. The molecule has 1 N–H and O–H groups in total. The number of benzene rings is 1. The number of carbonyl (C=O) groups excluding carboxylic acids is 2. The first kappa shape index (κ1) is 20.1. The van der Waals surface area contributed by atoms with Gasteiger partial charge in [-0.2, -0.15) is 4.31 Å². The zero-order valence-electron chi connectivity index (χ0n) is 15.0. The van der Waals surface area contributed by atoms with Gasteiger partial charge >= 0.3 is 5.97 Å². The van der Waals surface area contributed by atoms with E-state index in [2.05, 4.69) is 5.32 Å². The Morgan fingerprint density at radius 3 is 2.58 bits per heavy atom. The van der Waals surface area contributed by atoms with Crippen molar-refractivity contribution in [2.24, 2.45) is 0 Å². The first-order chi connectivity index (χ1) is 12.3. The number of sulfonamides is 1. The largest absolute Gasteiger partial charge is 0.452 e. The topological polar surface area (TPSA) is 92.8 Å². The van der Waals surface area contributed by atoms with Gasteiger partial charge in [-0.05, 0) is 44.4 Å². The minimum atomic E-state index is -3.60. The van der Waals surface area contributed by atoms with Crippen LogP contribution in [0, 0.1) is 6.92 Å². The molecule has 0 spiro atoms. The number of piperidine rings is 1. The third-order valence-electron chi connectivity index (χ3n) is 4.05. The summed E-state index contributed by atoms with van der Waals surface area (Å²) in [7, 11) is -3.60. The standard InChI is InChI=1S/C18H24N2O5S/c1-3-7-18(22)25-13-17(21)19-15-9-8-14(2)16(12-15)26(23,24)20-10-5-4-6-11-20/h3,7-9,12H,4-6,10-11,13H2,1-2H3,(H,19,21)/b7-3+. The van der Waals surface area contributed by atoms with Crippen LogP contribution in [0.2, 0.25) is 0 Å². The highest BCUT2D eigenvalue weighted by Gasteiger charge is 2.27. The van der Waals surface area contributed by atoms with Crippen molar-refractivity contribution in [3.63, 3.8) is 0 Å². The molecule has 0 unspecified atom stereocenters. The van der Waals surface area contributed by atoms with Crippen LogP contribution in [0.4, 0.5) is 5.69 Å². The number of esters is 1. The molecule has 0 atom stereocenters. The number of rotatable bonds is 6. The van der Waals surface area contributed by atoms with Gasteiger partial charge in [-0.3, -0.25) is 4.79 Å². The van der Waals surface area contributed by atoms with Gasteiger partial charge in [0.1, 0.15) is 0 Å². The average molecular weight is 380 g/mol. The summed E-state index contributed by atoms with van der Waals surface area (Å²) in [5.41, 5.74) is 0.964. The van der Waals surface area contributed by atoms with Gasteiger partial charge in [0.15, 0.2) is 6.61 Å². The van der Waals surface area contributed by atoms with Crippen molar-refractivity contribution in [1.82, 2.24) is 4.31 Å². The van der Waals surface area contributed by atoms with Crippen molar-refractivity contribution in [2.75, 3.05) is 25.0 Å². The summed E-state index contributed by atoms with van der Waals surface area (Å²) < 4.78 is 32.0. The van der Waals surface area contributed by atoms with E-state index in [0.717, 1.165) is 19.3 Å². The van der Waals surface area contributed by atoms with Crippen LogP contribution in [0.15, 0.2) is 35.2 Å². The third kappa shape index (κ3) is 5.15. The summed E-state index contributed by atoms with van der Waals surface area (Å²) in [5, 5.41) is 2.56. The molecule has 1 aromatic rings. The van der Waals surface area contributed by atoms with Gasteiger partial charge in [0, 0.05) is 24.9 Å². The normalized spacial score (nSPS) is 15.8. The highest BCUT2D eigenvalue weighted by atomic mass is 32.2. The lowest BCUT2D eigenvalue weighted by atomic mass is 10.2. The minimum absolute atomic E-state index is 0.183. The number of anilines is 1. The highest BCUT2D eigenvalue weighted by Crippen LogP contribution is 2.26. The fourth-order valence-electron chi connectivity index (χ4n) is 2.72. The first-order valence-electron chi connectivity index (χ1n) is 8.54. The Balaban J connectivity index is 2.11. The van der Waals surface area contributed by atoms with E-state index in [9.17, 15) is 18.0 Å². The number of aryl methyl sites for hydroxylation is 1. The zero-order valence-corrected chi connectivity index (χ0v) is 15.8. The fourth-order valence-corrected chi connectivity index (χ4v) is 4.49. The van der Waals surface area contributed by atoms with Gasteiger partial charge in [0.25, 0.3) is 5.91 Å². The van der Waals surface area contributed by atoms with Crippen LogP contribution >= 0.6 is 0 Å². The van der Waals surface area contributed by atoms with E-state index in [1.165, 1.54) is 22.5 Å². The van der Waals surface area contributed by atoms with Gasteiger partial charge in [0.2, 0.25) is 10.0 Å². The van der Waals surface area contributed by atoms with Gasteiger partial charge in [-0.15, -0.1) is 0 Å². The van der Waals surface area contributed by atoms with E-state index >= 15 is 0 Å². The summed E-state index contributed by atoms with van der Waals surface area (Å²) in [4.78, 5) is 23.3. The number of hydrogen-bond acceptors (Lipinski definition) is 5. The molecule has 0 bridgehead atoms. The average Bonchev–Trinajstić information content (AvgIpc) is 2.62. The molecular formula is C18H24N2O5S. The maximum Gasteiger partial charge on any atom is 0.330 e. The van der Waals surface area contributed by atoms with E-state index < -0.39 is 28.5 Å². The van der Waals surface area contributed by atoms with Crippen LogP contribution < -0.4 is 5.32 Å². The number of hydrogen-bond donors (Lipinski definition) is 1. The number of nitrogens with one attached hydrogen (secondary N) is 1. The van der Waals surface area contributed by atoms with Crippen LogP contribution in [0.25, 0.3) is 0 Å². The number of ether oxygens (including phenoxy) is 1. The third-order valence-corrected chi connectivity index (χ3v) is 6.09. The molecule has 1 amide bonds. The molecule has 7 nitrogen and oxygen atoms in total. The van der Waals surface area contributed by atoms with Crippen LogP contribution in [-0.4, -0.2) is 44.3 Å².